The number of halogens is 1. The number of aromatic nitrogens is 3. The molecule has 2 aromatic carbocycles. The summed E-state index contributed by atoms with van der Waals surface area (Å²) in [6, 6.07) is 12.8. The van der Waals surface area contributed by atoms with Crippen LogP contribution in [0, 0.1) is 0 Å². The number of rotatable bonds is 7. The number of benzene rings is 2. The molecule has 0 saturated carbocycles. The molecule has 0 spiro atoms. The number of methoxy groups -OCH3 is 1. The molecule has 3 aromatic rings. The number of carbonyl (C=O) groups is 1. The van der Waals surface area contributed by atoms with Crippen LogP contribution in [0.5, 0.6) is 5.75 Å². The van der Waals surface area contributed by atoms with Gasteiger partial charge in [-0.3, -0.25) is 4.79 Å². The van der Waals surface area contributed by atoms with Gasteiger partial charge in [0, 0.05) is 11.6 Å². The van der Waals surface area contributed by atoms with Crippen molar-refractivity contribution in [2.45, 2.75) is 6.42 Å². The number of ether oxygens (including phenoxy) is 1. The second-order valence-electron chi connectivity index (χ2n) is 5.28. The monoisotopic (exact) mass is 360 g/mol. The first-order valence-electron chi connectivity index (χ1n) is 7.70. The van der Waals surface area contributed by atoms with Crippen molar-refractivity contribution in [1.82, 2.24) is 20.5 Å². The van der Waals surface area contributed by atoms with Crippen LogP contribution < -0.4 is 14.9 Å². The summed E-state index contributed by atoms with van der Waals surface area (Å²) in [5.74, 6) is 0.555. The highest BCUT2D eigenvalue weighted by Crippen LogP contribution is 2.17. The molecule has 25 heavy (non-hydrogen) atoms. The van der Waals surface area contributed by atoms with Crippen LogP contribution >= 0.6 is 11.6 Å². The Kier molecular flexibility index (Phi) is 5.35. The molecule has 3 rings (SSSR count). The maximum Gasteiger partial charge on any atom is 0.260 e. The van der Waals surface area contributed by atoms with Gasteiger partial charge in [-0.2, -0.15) is 0 Å². The quantitative estimate of drug-likeness (QED) is 0.696. The number of carbonyl (C=O) groups excluding carboxylic acids is 1. The number of nitrogens with zero attached hydrogens (tertiary/aromatic N) is 3. The van der Waals surface area contributed by atoms with Crippen LogP contribution in [0.3, 0.4) is 0 Å². The molecule has 8 heteroatoms. The minimum Gasteiger partial charge on any atom is -0.496 e. The van der Waals surface area contributed by atoms with Gasteiger partial charge in [0.15, 0.2) is 6.61 Å². The van der Waals surface area contributed by atoms with Gasteiger partial charge in [0.2, 0.25) is 0 Å². The van der Waals surface area contributed by atoms with E-state index in [9.17, 15) is 4.79 Å². The van der Waals surface area contributed by atoms with Crippen LogP contribution in [0.2, 0.25) is 5.02 Å². The number of para-hydroxylation sites is 1. The van der Waals surface area contributed by atoms with E-state index in [4.69, 9.17) is 21.2 Å². The Bertz CT molecular complexity index is 881. The molecular weight excluding hydrogens is 344 g/mol. The van der Waals surface area contributed by atoms with Gasteiger partial charge in [-0.25, -0.2) is 0 Å². The van der Waals surface area contributed by atoms with Gasteiger partial charge in [0.1, 0.15) is 16.8 Å². The summed E-state index contributed by atoms with van der Waals surface area (Å²) in [5, 5.41) is 11.1. The first-order chi connectivity index (χ1) is 12.2. The topological polar surface area (TPSA) is 78.3 Å². The average Bonchev–Trinajstić information content (AvgIpc) is 3.02. The zero-order valence-corrected chi connectivity index (χ0v) is 14.4. The minimum absolute atomic E-state index is 0.170. The Morgan fingerprint density at radius 1 is 1.28 bits per heavy atom. The van der Waals surface area contributed by atoms with E-state index < -0.39 is 0 Å². The van der Waals surface area contributed by atoms with Crippen molar-refractivity contribution in [3.8, 4) is 5.75 Å². The molecule has 1 amide bonds. The SMILES string of the molecule is COc1ccccc1CCNC(=O)COn1nnc2ccc(Cl)cc21. The third-order valence-electron chi connectivity index (χ3n) is 3.60. The summed E-state index contributed by atoms with van der Waals surface area (Å²) in [6.45, 7) is 0.309. The molecule has 1 aromatic heterocycles. The fourth-order valence-electron chi connectivity index (χ4n) is 2.38. The molecule has 0 fully saturated rings. The third kappa shape index (κ3) is 4.19. The van der Waals surface area contributed by atoms with Crippen molar-refractivity contribution in [2.24, 2.45) is 0 Å². The molecule has 0 bridgehead atoms. The Hall–Kier alpha value is -2.80. The van der Waals surface area contributed by atoms with E-state index in [1.807, 2.05) is 24.3 Å². The molecule has 1 N–H and O–H groups in total. The Balaban J connectivity index is 1.50. The molecular formula is C17H17ClN4O3. The van der Waals surface area contributed by atoms with E-state index in [1.165, 1.54) is 4.85 Å². The molecule has 0 atom stereocenters. The molecule has 0 saturated heterocycles. The maximum absolute atomic E-state index is 11.9. The number of amides is 1. The summed E-state index contributed by atoms with van der Waals surface area (Å²) in [5.41, 5.74) is 2.28. The smallest absolute Gasteiger partial charge is 0.260 e. The van der Waals surface area contributed by atoms with Gasteiger partial charge < -0.3 is 14.9 Å². The van der Waals surface area contributed by atoms with Gasteiger partial charge in [0.05, 0.1) is 7.11 Å². The van der Waals surface area contributed by atoms with Gasteiger partial charge in [-0.1, -0.05) is 34.6 Å². The van der Waals surface area contributed by atoms with Crippen LogP contribution in [0.15, 0.2) is 42.5 Å². The van der Waals surface area contributed by atoms with E-state index >= 15 is 0 Å². The van der Waals surface area contributed by atoms with Gasteiger partial charge >= 0.3 is 0 Å². The molecule has 0 aliphatic heterocycles. The van der Waals surface area contributed by atoms with Crippen LogP contribution in [-0.2, 0) is 11.2 Å². The Morgan fingerprint density at radius 3 is 2.96 bits per heavy atom. The summed E-state index contributed by atoms with van der Waals surface area (Å²) in [7, 11) is 1.62. The van der Waals surface area contributed by atoms with Crippen molar-refractivity contribution in [3.63, 3.8) is 0 Å². The fourth-order valence-corrected chi connectivity index (χ4v) is 2.55. The molecule has 130 valence electrons. The zero-order chi connectivity index (χ0) is 17.6. The molecule has 0 radical (unpaired) electrons. The first-order valence-corrected chi connectivity index (χ1v) is 8.08. The molecule has 0 aliphatic rings. The van der Waals surface area contributed by atoms with Crippen molar-refractivity contribution in [1.29, 1.82) is 0 Å². The lowest BCUT2D eigenvalue weighted by atomic mass is 10.1. The largest absolute Gasteiger partial charge is 0.496 e. The zero-order valence-electron chi connectivity index (χ0n) is 13.6. The van der Waals surface area contributed by atoms with Crippen molar-refractivity contribution >= 4 is 28.5 Å². The molecule has 0 aliphatic carbocycles. The second-order valence-corrected chi connectivity index (χ2v) is 5.72. The van der Waals surface area contributed by atoms with Gasteiger partial charge in [-0.05, 0) is 41.5 Å². The Morgan fingerprint density at radius 2 is 2.12 bits per heavy atom. The van der Waals surface area contributed by atoms with Crippen LogP contribution in [-0.4, -0.2) is 41.3 Å². The predicted molar refractivity (Wildman–Crippen MR) is 93.7 cm³/mol. The van der Waals surface area contributed by atoms with E-state index in [0.717, 1.165) is 11.3 Å². The number of hydrogen-bond donors (Lipinski definition) is 1. The highest BCUT2D eigenvalue weighted by atomic mass is 35.5. The van der Waals surface area contributed by atoms with Crippen LogP contribution in [0.1, 0.15) is 5.56 Å². The lowest BCUT2D eigenvalue weighted by molar-refractivity contribution is -0.126. The van der Waals surface area contributed by atoms with Crippen molar-refractivity contribution in [3.05, 3.63) is 53.1 Å². The number of fused-ring (bicyclic) bond motifs is 1. The lowest BCUT2D eigenvalue weighted by Gasteiger charge is -2.09. The first kappa shape index (κ1) is 17.0. The van der Waals surface area contributed by atoms with Crippen LogP contribution in [0.4, 0.5) is 0 Å². The third-order valence-corrected chi connectivity index (χ3v) is 3.84. The molecule has 0 unspecified atom stereocenters. The van der Waals surface area contributed by atoms with Gasteiger partial charge in [0.25, 0.3) is 5.91 Å². The summed E-state index contributed by atoms with van der Waals surface area (Å²) >= 11 is 5.95. The highest BCUT2D eigenvalue weighted by molar-refractivity contribution is 6.31. The van der Waals surface area contributed by atoms with E-state index in [0.29, 0.717) is 29.0 Å². The Labute approximate surface area is 149 Å². The average molecular weight is 361 g/mol. The summed E-state index contributed by atoms with van der Waals surface area (Å²) < 4.78 is 5.28. The van der Waals surface area contributed by atoms with Crippen molar-refractivity contribution < 1.29 is 14.4 Å². The second kappa shape index (κ2) is 7.85. The van der Waals surface area contributed by atoms with E-state index in [2.05, 4.69) is 15.6 Å². The number of nitrogens with one attached hydrogen (secondary N) is 1. The number of hydrogen-bond acceptors (Lipinski definition) is 5. The fraction of sp³-hybridized carbons (Fsp3) is 0.235. The van der Waals surface area contributed by atoms with Crippen molar-refractivity contribution in [2.75, 3.05) is 20.3 Å². The highest BCUT2D eigenvalue weighted by Gasteiger charge is 2.09. The van der Waals surface area contributed by atoms with Gasteiger partial charge in [-0.15, -0.1) is 5.10 Å². The summed E-state index contributed by atoms with van der Waals surface area (Å²) in [6.07, 6.45) is 0.664. The molecule has 1 heterocycles. The van der Waals surface area contributed by atoms with E-state index in [1.54, 1.807) is 25.3 Å². The maximum atomic E-state index is 11.9. The lowest BCUT2D eigenvalue weighted by Crippen LogP contribution is -2.33. The van der Waals surface area contributed by atoms with E-state index in [-0.39, 0.29) is 12.5 Å². The normalized spacial score (nSPS) is 10.6. The van der Waals surface area contributed by atoms with Crippen LogP contribution in [0.25, 0.3) is 11.0 Å². The minimum atomic E-state index is -0.249. The molecule has 7 nitrogen and oxygen atoms in total. The standard InChI is InChI=1S/C17H17ClN4O3/c1-24-16-5-3-2-4-12(16)8-9-19-17(23)11-25-22-15-10-13(18)6-7-14(15)20-21-22/h2-7,10H,8-9,11H2,1H3,(H,19,23). The summed E-state index contributed by atoms with van der Waals surface area (Å²) in [4.78, 5) is 18.5. The predicted octanol–water partition coefficient (Wildman–Crippen LogP) is 1.88.